The van der Waals surface area contributed by atoms with E-state index in [1.54, 1.807) is 23.5 Å². The van der Waals surface area contributed by atoms with Crippen LogP contribution >= 0.6 is 11.3 Å². The lowest BCUT2D eigenvalue weighted by Gasteiger charge is -2.06. The number of aromatic hydroxyl groups is 2. The first kappa shape index (κ1) is 12.9. The standard InChI is InChI=1S/C15H14N2O2S/c18-12-6-3-4-10(15(12)19)8-16-9-14-17-11-5-1-2-7-13(11)20-14/h1-7,16,18-19H,8-9H2. The van der Waals surface area contributed by atoms with E-state index in [9.17, 15) is 10.2 Å². The minimum absolute atomic E-state index is 0.0655. The molecule has 2 aromatic carbocycles. The van der Waals surface area contributed by atoms with E-state index in [0.29, 0.717) is 18.7 Å². The maximum absolute atomic E-state index is 9.71. The minimum Gasteiger partial charge on any atom is -0.504 e. The second-order valence-corrected chi connectivity index (χ2v) is 5.58. The zero-order valence-electron chi connectivity index (χ0n) is 10.7. The van der Waals surface area contributed by atoms with Crippen LogP contribution in [0.4, 0.5) is 0 Å². The van der Waals surface area contributed by atoms with Gasteiger partial charge in [0.15, 0.2) is 11.5 Å². The number of para-hydroxylation sites is 2. The molecule has 0 aliphatic carbocycles. The van der Waals surface area contributed by atoms with E-state index in [1.165, 1.54) is 10.8 Å². The van der Waals surface area contributed by atoms with Gasteiger partial charge in [0, 0.05) is 18.7 Å². The van der Waals surface area contributed by atoms with Gasteiger partial charge in [-0.05, 0) is 18.2 Å². The summed E-state index contributed by atoms with van der Waals surface area (Å²) in [6, 6.07) is 13.0. The second kappa shape index (κ2) is 5.48. The van der Waals surface area contributed by atoms with Gasteiger partial charge in [-0.1, -0.05) is 24.3 Å². The van der Waals surface area contributed by atoms with Crippen LogP contribution in [0.3, 0.4) is 0 Å². The van der Waals surface area contributed by atoms with Crippen molar-refractivity contribution in [2.75, 3.05) is 0 Å². The van der Waals surface area contributed by atoms with Gasteiger partial charge in [0.1, 0.15) is 5.01 Å². The van der Waals surface area contributed by atoms with Crippen LogP contribution in [0, 0.1) is 0 Å². The Labute approximate surface area is 120 Å². The summed E-state index contributed by atoms with van der Waals surface area (Å²) in [4.78, 5) is 4.53. The van der Waals surface area contributed by atoms with Crippen LogP contribution in [0.25, 0.3) is 10.2 Å². The van der Waals surface area contributed by atoms with Gasteiger partial charge in [0.25, 0.3) is 0 Å². The van der Waals surface area contributed by atoms with Crippen LogP contribution < -0.4 is 5.32 Å². The van der Waals surface area contributed by atoms with Crippen LogP contribution in [-0.2, 0) is 13.1 Å². The molecule has 0 fully saturated rings. The molecular formula is C15H14N2O2S. The maximum atomic E-state index is 9.71. The predicted molar refractivity (Wildman–Crippen MR) is 79.9 cm³/mol. The third-order valence-electron chi connectivity index (χ3n) is 3.03. The molecule has 102 valence electrons. The number of aromatic nitrogens is 1. The lowest BCUT2D eigenvalue weighted by Crippen LogP contribution is -2.12. The first-order chi connectivity index (χ1) is 9.74. The Morgan fingerprint density at radius 2 is 1.85 bits per heavy atom. The topological polar surface area (TPSA) is 65.4 Å². The highest BCUT2D eigenvalue weighted by Gasteiger charge is 2.06. The van der Waals surface area contributed by atoms with E-state index in [4.69, 9.17) is 0 Å². The van der Waals surface area contributed by atoms with Gasteiger partial charge in [-0.25, -0.2) is 4.98 Å². The number of nitrogens with zero attached hydrogens (tertiary/aromatic N) is 1. The number of rotatable bonds is 4. The van der Waals surface area contributed by atoms with Crippen LogP contribution in [-0.4, -0.2) is 15.2 Å². The Balaban J connectivity index is 1.66. The van der Waals surface area contributed by atoms with Crippen LogP contribution in [0.2, 0.25) is 0 Å². The molecule has 5 heteroatoms. The fraction of sp³-hybridized carbons (Fsp3) is 0.133. The molecular weight excluding hydrogens is 272 g/mol. The monoisotopic (exact) mass is 286 g/mol. The Morgan fingerprint density at radius 1 is 1.00 bits per heavy atom. The molecule has 3 aromatic rings. The molecule has 1 aromatic heterocycles. The van der Waals surface area contributed by atoms with Crippen LogP contribution in [0.5, 0.6) is 11.5 Å². The highest BCUT2D eigenvalue weighted by atomic mass is 32.1. The Bertz CT molecular complexity index is 707. The summed E-state index contributed by atoms with van der Waals surface area (Å²) in [5, 5.41) is 23.4. The number of hydrogen-bond acceptors (Lipinski definition) is 5. The van der Waals surface area contributed by atoms with Crippen LogP contribution in [0.15, 0.2) is 42.5 Å². The number of fused-ring (bicyclic) bond motifs is 1. The van der Waals surface area contributed by atoms with Crippen molar-refractivity contribution in [3.63, 3.8) is 0 Å². The Hall–Kier alpha value is -2.11. The van der Waals surface area contributed by atoms with E-state index in [1.807, 2.05) is 18.2 Å². The summed E-state index contributed by atoms with van der Waals surface area (Å²) < 4.78 is 1.17. The van der Waals surface area contributed by atoms with Crippen molar-refractivity contribution in [3.8, 4) is 11.5 Å². The van der Waals surface area contributed by atoms with Crippen molar-refractivity contribution < 1.29 is 10.2 Å². The van der Waals surface area contributed by atoms with Crippen molar-refractivity contribution in [2.24, 2.45) is 0 Å². The molecule has 0 atom stereocenters. The fourth-order valence-electron chi connectivity index (χ4n) is 2.02. The molecule has 1 heterocycles. The molecule has 0 unspecified atom stereocenters. The molecule has 20 heavy (non-hydrogen) atoms. The number of phenolic OH excluding ortho intramolecular Hbond substituents is 2. The average molecular weight is 286 g/mol. The molecule has 0 saturated carbocycles. The zero-order chi connectivity index (χ0) is 13.9. The molecule has 4 nitrogen and oxygen atoms in total. The third kappa shape index (κ3) is 2.59. The molecule has 0 radical (unpaired) electrons. The third-order valence-corrected chi connectivity index (χ3v) is 4.06. The molecule has 0 saturated heterocycles. The summed E-state index contributed by atoms with van der Waals surface area (Å²) >= 11 is 1.65. The molecule has 0 bridgehead atoms. The lowest BCUT2D eigenvalue weighted by molar-refractivity contribution is 0.397. The van der Waals surface area contributed by atoms with Crippen molar-refractivity contribution in [2.45, 2.75) is 13.1 Å². The molecule has 3 N–H and O–H groups in total. The number of benzene rings is 2. The molecule has 0 spiro atoms. The average Bonchev–Trinajstić information content (AvgIpc) is 2.86. The largest absolute Gasteiger partial charge is 0.504 e. The summed E-state index contributed by atoms with van der Waals surface area (Å²) in [6.07, 6.45) is 0. The van der Waals surface area contributed by atoms with E-state index < -0.39 is 0 Å². The summed E-state index contributed by atoms with van der Waals surface area (Å²) in [5.41, 5.74) is 1.68. The fourth-order valence-corrected chi connectivity index (χ4v) is 2.96. The molecule has 3 rings (SSSR count). The van der Waals surface area contributed by atoms with E-state index in [2.05, 4.69) is 16.4 Å². The number of hydrogen-bond donors (Lipinski definition) is 3. The van der Waals surface area contributed by atoms with Gasteiger partial charge in [-0.3, -0.25) is 0 Å². The number of thiazole rings is 1. The quantitative estimate of drug-likeness (QED) is 0.645. The Kier molecular flexibility index (Phi) is 3.54. The van der Waals surface area contributed by atoms with Gasteiger partial charge in [-0.15, -0.1) is 11.3 Å². The van der Waals surface area contributed by atoms with Crippen molar-refractivity contribution in [1.29, 1.82) is 0 Å². The SMILES string of the molecule is Oc1cccc(CNCc2nc3ccccc3s2)c1O. The van der Waals surface area contributed by atoms with Gasteiger partial charge < -0.3 is 15.5 Å². The lowest BCUT2D eigenvalue weighted by atomic mass is 10.2. The van der Waals surface area contributed by atoms with Gasteiger partial charge in [0.05, 0.1) is 10.2 Å². The first-order valence-corrected chi connectivity index (χ1v) is 7.10. The first-order valence-electron chi connectivity index (χ1n) is 6.29. The summed E-state index contributed by atoms with van der Waals surface area (Å²) in [5.74, 6) is -0.159. The zero-order valence-corrected chi connectivity index (χ0v) is 11.5. The van der Waals surface area contributed by atoms with Crippen molar-refractivity contribution in [1.82, 2.24) is 10.3 Å². The Morgan fingerprint density at radius 3 is 2.70 bits per heavy atom. The minimum atomic E-state index is -0.0933. The highest BCUT2D eigenvalue weighted by Crippen LogP contribution is 2.28. The number of nitrogens with one attached hydrogen (secondary N) is 1. The molecule has 0 aliphatic rings. The van der Waals surface area contributed by atoms with Crippen molar-refractivity contribution in [3.05, 3.63) is 53.0 Å². The number of phenols is 2. The van der Waals surface area contributed by atoms with E-state index >= 15 is 0 Å². The second-order valence-electron chi connectivity index (χ2n) is 4.46. The highest BCUT2D eigenvalue weighted by molar-refractivity contribution is 7.18. The van der Waals surface area contributed by atoms with Crippen LogP contribution in [0.1, 0.15) is 10.6 Å². The van der Waals surface area contributed by atoms with E-state index in [-0.39, 0.29) is 11.5 Å². The van der Waals surface area contributed by atoms with Gasteiger partial charge >= 0.3 is 0 Å². The molecule has 0 aliphatic heterocycles. The smallest absolute Gasteiger partial charge is 0.161 e. The summed E-state index contributed by atoms with van der Waals surface area (Å²) in [7, 11) is 0. The maximum Gasteiger partial charge on any atom is 0.161 e. The predicted octanol–water partition coefficient (Wildman–Crippen LogP) is 3.00. The van der Waals surface area contributed by atoms with Gasteiger partial charge in [0.2, 0.25) is 0 Å². The van der Waals surface area contributed by atoms with E-state index in [0.717, 1.165) is 10.5 Å². The van der Waals surface area contributed by atoms with Crippen molar-refractivity contribution >= 4 is 21.6 Å². The summed E-state index contributed by atoms with van der Waals surface area (Å²) in [6.45, 7) is 1.12. The normalized spacial score (nSPS) is 11.0. The van der Waals surface area contributed by atoms with Gasteiger partial charge in [-0.2, -0.15) is 0 Å². The molecule has 0 amide bonds.